The van der Waals surface area contributed by atoms with Crippen LogP contribution in [0.3, 0.4) is 0 Å². The molecule has 0 fully saturated rings. The molecule has 0 radical (unpaired) electrons. The third kappa shape index (κ3) is 4.82. The summed E-state index contributed by atoms with van der Waals surface area (Å²) in [5.74, 6) is -0.438. The summed E-state index contributed by atoms with van der Waals surface area (Å²) in [6.07, 6.45) is 2.00. The number of rotatable bonds is 8. The lowest BCUT2D eigenvalue weighted by atomic mass is 9.98. The zero-order chi connectivity index (χ0) is 24.1. The van der Waals surface area contributed by atoms with Crippen molar-refractivity contribution >= 4 is 11.8 Å². The second kappa shape index (κ2) is 10.5. The number of carbonyl (C=O) groups is 2. The number of carbonyl (C=O) groups excluding carboxylic acids is 2. The first-order valence-corrected chi connectivity index (χ1v) is 11.1. The van der Waals surface area contributed by atoms with Crippen molar-refractivity contribution in [3.63, 3.8) is 0 Å². The quantitative estimate of drug-likeness (QED) is 0.512. The summed E-state index contributed by atoms with van der Waals surface area (Å²) in [6.45, 7) is 1.45. The van der Waals surface area contributed by atoms with Crippen molar-refractivity contribution in [2.75, 3.05) is 40.5 Å². The highest BCUT2D eigenvalue weighted by atomic mass is 19.1. The summed E-state index contributed by atoms with van der Waals surface area (Å²) in [6, 6.07) is 16.7. The molecule has 7 nitrogen and oxygen atoms in total. The highest BCUT2D eigenvalue weighted by molar-refractivity contribution is 5.96. The lowest BCUT2D eigenvalue weighted by Crippen LogP contribution is -2.48. The van der Waals surface area contributed by atoms with Gasteiger partial charge < -0.3 is 23.8 Å². The van der Waals surface area contributed by atoms with E-state index in [4.69, 9.17) is 9.47 Å². The Morgan fingerprint density at radius 2 is 1.88 bits per heavy atom. The predicted octanol–water partition coefficient (Wildman–Crippen LogP) is 3.36. The van der Waals surface area contributed by atoms with E-state index in [1.807, 2.05) is 42.6 Å². The van der Waals surface area contributed by atoms with Crippen LogP contribution in [0, 0.1) is 5.82 Å². The van der Waals surface area contributed by atoms with Crippen LogP contribution in [-0.4, -0.2) is 66.6 Å². The van der Waals surface area contributed by atoms with Crippen molar-refractivity contribution in [2.45, 2.75) is 12.6 Å². The predicted molar refractivity (Wildman–Crippen MR) is 125 cm³/mol. The van der Waals surface area contributed by atoms with E-state index in [0.29, 0.717) is 18.8 Å². The first kappa shape index (κ1) is 23.5. The molecular weight excluding hydrogens is 437 g/mol. The fourth-order valence-electron chi connectivity index (χ4n) is 4.38. The number of para-hydroxylation sites is 1. The molecule has 34 heavy (non-hydrogen) atoms. The Bertz CT molecular complexity index is 1160. The van der Waals surface area contributed by atoms with Gasteiger partial charge in [-0.25, -0.2) is 4.39 Å². The van der Waals surface area contributed by atoms with Gasteiger partial charge in [-0.15, -0.1) is 0 Å². The van der Waals surface area contributed by atoms with Crippen LogP contribution in [0.2, 0.25) is 0 Å². The second-order valence-electron chi connectivity index (χ2n) is 8.09. The van der Waals surface area contributed by atoms with Crippen molar-refractivity contribution in [1.82, 2.24) is 14.4 Å². The Morgan fingerprint density at radius 3 is 2.65 bits per heavy atom. The van der Waals surface area contributed by atoms with E-state index in [1.165, 1.54) is 30.2 Å². The third-order valence-corrected chi connectivity index (χ3v) is 6.04. The minimum atomic E-state index is -0.503. The molecule has 3 aromatic rings. The highest BCUT2D eigenvalue weighted by Gasteiger charge is 2.35. The highest BCUT2D eigenvalue weighted by Crippen LogP contribution is 2.37. The maximum absolute atomic E-state index is 13.7. The van der Waals surface area contributed by atoms with Gasteiger partial charge in [0.2, 0.25) is 5.91 Å². The minimum Gasteiger partial charge on any atom is -0.496 e. The van der Waals surface area contributed by atoms with Crippen molar-refractivity contribution in [3.8, 4) is 5.75 Å². The number of hydrogen-bond acceptors (Lipinski definition) is 4. The van der Waals surface area contributed by atoms with Gasteiger partial charge in [-0.1, -0.05) is 24.3 Å². The molecule has 0 N–H and O–H groups in total. The topological polar surface area (TPSA) is 64.0 Å². The van der Waals surface area contributed by atoms with Gasteiger partial charge in [0, 0.05) is 49.8 Å². The Balaban J connectivity index is 1.64. The normalized spacial score (nSPS) is 15.0. The van der Waals surface area contributed by atoms with Crippen molar-refractivity contribution in [2.24, 2.45) is 0 Å². The van der Waals surface area contributed by atoms with Crippen LogP contribution in [0.1, 0.15) is 27.7 Å². The van der Waals surface area contributed by atoms with Gasteiger partial charge in [0.25, 0.3) is 5.91 Å². The molecule has 0 aliphatic carbocycles. The van der Waals surface area contributed by atoms with E-state index in [1.54, 1.807) is 18.1 Å². The van der Waals surface area contributed by atoms with Gasteiger partial charge in [0.15, 0.2) is 0 Å². The van der Waals surface area contributed by atoms with Crippen LogP contribution in [-0.2, 0) is 16.1 Å². The molecule has 8 heteroatoms. The summed E-state index contributed by atoms with van der Waals surface area (Å²) in [5.41, 5.74) is 2.04. The summed E-state index contributed by atoms with van der Waals surface area (Å²) in [4.78, 5) is 30.0. The van der Waals surface area contributed by atoms with Crippen molar-refractivity contribution in [1.29, 1.82) is 0 Å². The lowest BCUT2D eigenvalue weighted by Gasteiger charge is -2.39. The molecule has 0 bridgehead atoms. The molecule has 4 rings (SSSR count). The van der Waals surface area contributed by atoms with E-state index in [2.05, 4.69) is 4.57 Å². The van der Waals surface area contributed by atoms with Crippen LogP contribution in [0.5, 0.6) is 5.75 Å². The molecule has 1 unspecified atom stereocenters. The maximum atomic E-state index is 13.7. The summed E-state index contributed by atoms with van der Waals surface area (Å²) >= 11 is 0. The zero-order valence-corrected chi connectivity index (χ0v) is 19.3. The van der Waals surface area contributed by atoms with E-state index in [0.717, 1.165) is 11.3 Å². The van der Waals surface area contributed by atoms with Gasteiger partial charge in [0.1, 0.15) is 24.2 Å². The molecule has 2 heterocycles. The molecule has 2 amide bonds. The first-order chi connectivity index (χ1) is 16.5. The smallest absolute Gasteiger partial charge is 0.254 e. The molecule has 2 aromatic carbocycles. The summed E-state index contributed by atoms with van der Waals surface area (Å²) in [7, 11) is 3.14. The fraction of sp³-hybridized carbons (Fsp3) is 0.308. The monoisotopic (exact) mass is 465 g/mol. The van der Waals surface area contributed by atoms with Crippen LogP contribution >= 0.6 is 0 Å². The van der Waals surface area contributed by atoms with Gasteiger partial charge in [-0.3, -0.25) is 9.59 Å². The van der Waals surface area contributed by atoms with E-state index < -0.39 is 11.7 Å². The van der Waals surface area contributed by atoms with E-state index >= 15 is 0 Å². The lowest BCUT2D eigenvalue weighted by molar-refractivity contribution is -0.134. The summed E-state index contributed by atoms with van der Waals surface area (Å²) in [5, 5.41) is 0. The Morgan fingerprint density at radius 1 is 1.06 bits per heavy atom. The Kier molecular flexibility index (Phi) is 7.27. The molecule has 1 aliphatic rings. The molecule has 1 atom stereocenters. The largest absolute Gasteiger partial charge is 0.496 e. The Labute approximate surface area is 198 Å². The number of halogens is 1. The number of ether oxygens (including phenoxy) is 2. The molecule has 178 valence electrons. The first-order valence-electron chi connectivity index (χ1n) is 11.1. The van der Waals surface area contributed by atoms with E-state index in [9.17, 15) is 14.0 Å². The van der Waals surface area contributed by atoms with Gasteiger partial charge in [-0.05, 0) is 36.4 Å². The van der Waals surface area contributed by atoms with E-state index in [-0.39, 0.29) is 37.2 Å². The molecule has 1 aliphatic heterocycles. The minimum absolute atomic E-state index is 0.148. The van der Waals surface area contributed by atoms with Gasteiger partial charge >= 0.3 is 0 Å². The molecular formula is C26H28FN3O4. The maximum Gasteiger partial charge on any atom is 0.254 e. The van der Waals surface area contributed by atoms with Crippen LogP contribution in [0.25, 0.3) is 0 Å². The van der Waals surface area contributed by atoms with Gasteiger partial charge in [-0.2, -0.15) is 0 Å². The van der Waals surface area contributed by atoms with Crippen molar-refractivity contribution < 1.29 is 23.5 Å². The summed E-state index contributed by atoms with van der Waals surface area (Å²) < 4.78 is 26.6. The number of fused-ring (bicyclic) bond motifs is 1. The molecule has 0 spiro atoms. The zero-order valence-electron chi connectivity index (χ0n) is 19.3. The average Bonchev–Trinajstić information content (AvgIpc) is 3.34. The van der Waals surface area contributed by atoms with Crippen LogP contribution < -0.4 is 4.74 Å². The van der Waals surface area contributed by atoms with Crippen molar-refractivity contribution in [3.05, 3.63) is 89.5 Å². The SMILES string of the molecule is COCCN(CC(=O)N1CCn2cccc2C1c1ccccc1OC)C(=O)c1cccc(F)c1. The molecule has 0 saturated heterocycles. The number of amides is 2. The number of benzene rings is 2. The molecule has 1 aromatic heterocycles. The van der Waals surface area contributed by atoms with Gasteiger partial charge in [0.05, 0.1) is 13.7 Å². The average molecular weight is 466 g/mol. The number of aromatic nitrogens is 1. The Hall–Kier alpha value is -3.65. The second-order valence-corrected chi connectivity index (χ2v) is 8.09. The standard InChI is InChI=1S/C26H28FN3O4/c1-33-16-15-29(26(32)19-7-5-8-20(27)17-19)18-24(31)30-14-13-28-12-6-10-22(28)25(30)21-9-3-4-11-23(21)34-2/h3-12,17,25H,13-16,18H2,1-2H3. The van der Waals surface area contributed by atoms with Crippen LogP contribution in [0.4, 0.5) is 4.39 Å². The number of hydrogen-bond donors (Lipinski definition) is 0. The number of methoxy groups -OCH3 is 2. The van der Waals surface area contributed by atoms with Crippen LogP contribution in [0.15, 0.2) is 66.9 Å². The fourth-order valence-corrected chi connectivity index (χ4v) is 4.38. The number of nitrogens with zero attached hydrogens (tertiary/aromatic N) is 3. The molecule has 0 saturated carbocycles. The third-order valence-electron chi connectivity index (χ3n) is 6.04.